The number of carbonyl (C=O) groups excluding carboxylic acids is 4. The van der Waals surface area contributed by atoms with Gasteiger partial charge in [0.1, 0.15) is 5.02 Å². The van der Waals surface area contributed by atoms with E-state index in [2.05, 4.69) is 0 Å². The van der Waals surface area contributed by atoms with Gasteiger partial charge in [0.25, 0.3) is 5.69 Å². The summed E-state index contributed by atoms with van der Waals surface area (Å²) < 4.78 is 5.37. The van der Waals surface area contributed by atoms with Crippen LogP contribution in [-0.4, -0.2) is 40.1 Å². The molecular weight excluding hydrogens is 621 g/mol. The lowest BCUT2D eigenvalue weighted by molar-refractivity contribution is -0.384. The number of pyridine rings is 1. The topological polar surface area (TPSA) is 137 Å². The van der Waals surface area contributed by atoms with E-state index in [1.807, 2.05) is 0 Å². The van der Waals surface area contributed by atoms with Crippen LogP contribution in [0.1, 0.15) is 52.0 Å². The Balaban J connectivity index is 1.29. The molecule has 3 aromatic carbocycles. The number of aromatic nitrogens is 1. The van der Waals surface area contributed by atoms with Crippen molar-refractivity contribution in [2.75, 3.05) is 11.5 Å². The molecule has 2 unspecified atom stereocenters. The molecular formula is C33H25Cl2N3O7. The monoisotopic (exact) mass is 645 g/mol. The maximum absolute atomic E-state index is 13.4. The van der Waals surface area contributed by atoms with Gasteiger partial charge in [0.15, 0.2) is 6.61 Å². The van der Waals surface area contributed by atoms with Crippen molar-refractivity contribution in [2.45, 2.75) is 32.6 Å². The first-order valence-corrected chi connectivity index (χ1v) is 15.0. The lowest BCUT2D eigenvalue weighted by Crippen LogP contribution is -2.30. The molecule has 2 atom stereocenters. The van der Waals surface area contributed by atoms with E-state index in [9.17, 15) is 29.3 Å². The fraction of sp³-hybridized carbons (Fsp3) is 0.242. The van der Waals surface area contributed by atoms with Crippen LogP contribution in [0.2, 0.25) is 10.0 Å². The van der Waals surface area contributed by atoms with Crippen molar-refractivity contribution in [2.24, 2.45) is 11.8 Å². The molecule has 0 radical (unpaired) electrons. The van der Waals surface area contributed by atoms with Crippen LogP contribution >= 0.6 is 23.2 Å². The van der Waals surface area contributed by atoms with E-state index in [4.69, 9.17) is 32.9 Å². The zero-order chi connectivity index (χ0) is 32.0. The first kappa shape index (κ1) is 30.4. The molecule has 45 heavy (non-hydrogen) atoms. The third kappa shape index (κ3) is 5.55. The predicted octanol–water partition coefficient (Wildman–Crippen LogP) is 7.14. The number of ketones is 1. The number of benzene rings is 3. The second kappa shape index (κ2) is 12.0. The lowest BCUT2D eigenvalue weighted by Gasteiger charge is -2.19. The van der Waals surface area contributed by atoms with Crippen molar-refractivity contribution >= 4 is 69.0 Å². The first-order valence-electron chi connectivity index (χ1n) is 14.3. The number of rotatable bonds is 7. The van der Waals surface area contributed by atoms with Gasteiger partial charge in [-0.25, -0.2) is 9.78 Å². The second-order valence-electron chi connectivity index (χ2n) is 11.1. The number of halogens is 2. The fourth-order valence-corrected chi connectivity index (χ4v) is 6.38. The Labute approximate surface area is 267 Å². The number of nitro benzene ring substituents is 1. The standard InChI is InChI=1S/C33H25Cl2N3O7/c1-17-25(34)13-11-21-24(33(42)45-16-29(39)19-8-12-26(35)28(14-19)38(43)44)15-27(36-30(17)21)18-6-9-20(10-7-18)37-31(40)22-4-2-3-5-23(22)32(37)41/h6-15,22-23H,2-5,16H2,1H3. The zero-order valence-corrected chi connectivity index (χ0v) is 25.4. The van der Waals surface area contributed by atoms with Gasteiger partial charge in [-0.05, 0) is 61.7 Å². The van der Waals surface area contributed by atoms with Crippen molar-refractivity contribution in [3.63, 3.8) is 0 Å². The van der Waals surface area contributed by atoms with Crippen LogP contribution in [-0.2, 0) is 14.3 Å². The van der Waals surface area contributed by atoms with Crippen molar-refractivity contribution in [3.8, 4) is 11.3 Å². The number of nitrogens with zero attached hydrogens (tertiary/aromatic N) is 3. The highest BCUT2D eigenvalue weighted by Crippen LogP contribution is 2.40. The van der Waals surface area contributed by atoms with Crippen LogP contribution < -0.4 is 4.90 Å². The van der Waals surface area contributed by atoms with Crippen LogP contribution in [0.4, 0.5) is 11.4 Å². The van der Waals surface area contributed by atoms with Gasteiger partial charge in [-0.3, -0.25) is 29.4 Å². The van der Waals surface area contributed by atoms with Crippen molar-refractivity contribution in [1.82, 2.24) is 4.98 Å². The largest absolute Gasteiger partial charge is 0.454 e. The molecule has 4 aromatic rings. The molecule has 0 spiro atoms. The molecule has 2 heterocycles. The predicted molar refractivity (Wildman–Crippen MR) is 168 cm³/mol. The molecule has 1 aliphatic heterocycles. The summed E-state index contributed by atoms with van der Waals surface area (Å²) in [6.07, 6.45) is 3.31. The Morgan fingerprint density at radius 2 is 1.60 bits per heavy atom. The average molecular weight is 646 g/mol. The highest BCUT2D eigenvalue weighted by Gasteiger charge is 2.48. The van der Waals surface area contributed by atoms with Gasteiger partial charge >= 0.3 is 5.97 Å². The number of esters is 1. The SMILES string of the molecule is Cc1c(Cl)ccc2c(C(=O)OCC(=O)c3ccc(Cl)c([N+](=O)[O-])c3)cc(-c3ccc(N4C(=O)C5CCCCC5C4=O)cc3)nc12. The van der Waals surface area contributed by atoms with Crippen molar-refractivity contribution < 1.29 is 28.8 Å². The maximum Gasteiger partial charge on any atom is 0.339 e. The number of amides is 2. The molecule has 0 bridgehead atoms. The van der Waals surface area contributed by atoms with Gasteiger partial charge in [0, 0.05) is 27.6 Å². The number of Topliss-reactive ketones (excluding diaryl/α,β-unsaturated/α-hetero) is 1. The van der Waals surface area contributed by atoms with Gasteiger partial charge in [-0.2, -0.15) is 0 Å². The van der Waals surface area contributed by atoms with E-state index < -0.39 is 29.0 Å². The highest BCUT2D eigenvalue weighted by molar-refractivity contribution is 6.33. The molecule has 12 heteroatoms. The molecule has 1 saturated carbocycles. The third-order valence-corrected chi connectivity index (χ3v) is 9.18. The van der Waals surface area contributed by atoms with Gasteiger partial charge in [-0.1, -0.05) is 54.2 Å². The second-order valence-corrected chi connectivity index (χ2v) is 11.9. The molecule has 1 aliphatic carbocycles. The number of fused-ring (bicyclic) bond motifs is 2. The molecule has 228 valence electrons. The third-order valence-electron chi connectivity index (χ3n) is 8.45. The van der Waals surface area contributed by atoms with Crippen LogP contribution in [0.25, 0.3) is 22.2 Å². The minimum absolute atomic E-state index is 0.0314. The summed E-state index contributed by atoms with van der Waals surface area (Å²) in [6.45, 7) is 1.10. The van der Waals surface area contributed by atoms with Crippen LogP contribution in [0.15, 0.2) is 60.7 Å². The summed E-state index contributed by atoms with van der Waals surface area (Å²) in [5, 5.41) is 12.0. The van der Waals surface area contributed by atoms with E-state index in [1.54, 1.807) is 43.3 Å². The number of hydrogen-bond donors (Lipinski definition) is 0. The number of nitro groups is 1. The molecule has 2 aliphatic rings. The Bertz CT molecular complexity index is 1900. The summed E-state index contributed by atoms with van der Waals surface area (Å²) in [5.74, 6) is -2.33. The van der Waals surface area contributed by atoms with Crippen LogP contribution in [0, 0.1) is 28.9 Å². The molecule has 1 aromatic heterocycles. The van der Waals surface area contributed by atoms with E-state index in [1.165, 1.54) is 23.1 Å². The summed E-state index contributed by atoms with van der Waals surface area (Å²) in [5.41, 5.74) is 2.22. The Morgan fingerprint density at radius 3 is 2.24 bits per heavy atom. The van der Waals surface area contributed by atoms with Crippen LogP contribution in [0.3, 0.4) is 0 Å². The van der Waals surface area contributed by atoms with E-state index in [-0.39, 0.29) is 39.8 Å². The molecule has 2 amide bonds. The zero-order valence-electron chi connectivity index (χ0n) is 23.9. The van der Waals surface area contributed by atoms with Crippen molar-refractivity contribution in [1.29, 1.82) is 0 Å². The summed E-state index contributed by atoms with van der Waals surface area (Å²) in [7, 11) is 0. The quantitative estimate of drug-likeness (QED) is 0.0679. The molecule has 2 fully saturated rings. The van der Waals surface area contributed by atoms with Crippen molar-refractivity contribution in [3.05, 3.63) is 97.5 Å². The molecule has 10 nitrogen and oxygen atoms in total. The van der Waals surface area contributed by atoms with Gasteiger partial charge < -0.3 is 4.74 Å². The van der Waals surface area contributed by atoms with E-state index in [0.29, 0.717) is 38.4 Å². The van der Waals surface area contributed by atoms with Gasteiger partial charge in [0.05, 0.1) is 39.2 Å². The number of carbonyl (C=O) groups is 4. The minimum Gasteiger partial charge on any atom is -0.454 e. The summed E-state index contributed by atoms with van der Waals surface area (Å²) >= 11 is 12.2. The lowest BCUT2D eigenvalue weighted by atomic mass is 9.81. The minimum atomic E-state index is -0.810. The number of aryl methyl sites for hydroxylation is 1. The average Bonchev–Trinajstić information content (AvgIpc) is 3.30. The Morgan fingerprint density at radius 1 is 0.956 bits per heavy atom. The normalized spacial score (nSPS) is 17.8. The number of ether oxygens (including phenoxy) is 1. The van der Waals surface area contributed by atoms with E-state index >= 15 is 0 Å². The molecule has 0 N–H and O–H groups in total. The van der Waals surface area contributed by atoms with Gasteiger partial charge in [-0.15, -0.1) is 0 Å². The Hall–Kier alpha value is -4.67. The van der Waals surface area contributed by atoms with Gasteiger partial charge in [0.2, 0.25) is 17.6 Å². The number of imide groups is 1. The molecule has 1 saturated heterocycles. The summed E-state index contributed by atoms with van der Waals surface area (Å²) in [6, 6.07) is 15.2. The Kier molecular flexibility index (Phi) is 8.11. The first-order chi connectivity index (χ1) is 21.5. The highest BCUT2D eigenvalue weighted by atomic mass is 35.5. The fourth-order valence-electron chi connectivity index (χ4n) is 6.04. The smallest absolute Gasteiger partial charge is 0.339 e. The van der Waals surface area contributed by atoms with E-state index in [0.717, 1.165) is 31.7 Å². The molecule has 6 rings (SSSR count). The number of anilines is 1. The maximum atomic E-state index is 13.4. The van der Waals surface area contributed by atoms with Crippen LogP contribution in [0.5, 0.6) is 0 Å². The summed E-state index contributed by atoms with van der Waals surface area (Å²) in [4.78, 5) is 68.8. The number of hydrogen-bond acceptors (Lipinski definition) is 8.